The van der Waals surface area contributed by atoms with E-state index in [1.165, 1.54) is 31.3 Å². The molecule has 2 amide bonds. The molecule has 1 unspecified atom stereocenters. The summed E-state index contributed by atoms with van der Waals surface area (Å²) in [4.78, 5) is 29.1. The summed E-state index contributed by atoms with van der Waals surface area (Å²) in [6.45, 7) is 4.29. The van der Waals surface area contributed by atoms with Crippen LogP contribution in [0.1, 0.15) is 22.3 Å². The third kappa shape index (κ3) is 3.70. The molecule has 0 radical (unpaired) electrons. The molecule has 31 heavy (non-hydrogen) atoms. The fraction of sp³-hybridized carbons (Fsp3) is 0.304. The minimum Gasteiger partial charge on any atom is -0.493 e. The van der Waals surface area contributed by atoms with Crippen molar-refractivity contribution in [3.8, 4) is 11.5 Å². The van der Waals surface area contributed by atoms with Gasteiger partial charge in [-0.15, -0.1) is 0 Å². The molecule has 2 aliphatic rings. The highest BCUT2D eigenvalue weighted by Crippen LogP contribution is 2.41. The van der Waals surface area contributed by atoms with E-state index in [-0.39, 0.29) is 23.8 Å². The van der Waals surface area contributed by atoms with Crippen molar-refractivity contribution in [2.24, 2.45) is 0 Å². The monoisotopic (exact) mass is 424 g/mol. The van der Waals surface area contributed by atoms with Crippen molar-refractivity contribution in [3.63, 3.8) is 0 Å². The Balaban J connectivity index is 1.77. The lowest BCUT2D eigenvalue weighted by atomic mass is 10.1. The molecule has 2 heterocycles. The summed E-state index contributed by atoms with van der Waals surface area (Å²) in [6.07, 6.45) is -1.69. The molecule has 8 heteroatoms. The van der Waals surface area contributed by atoms with E-state index in [1.54, 1.807) is 0 Å². The van der Waals surface area contributed by atoms with Crippen LogP contribution in [0.5, 0.6) is 11.5 Å². The van der Waals surface area contributed by atoms with E-state index in [4.69, 9.17) is 14.2 Å². The van der Waals surface area contributed by atoms with Gasteiger partial charge in [-0.3, -0.25) is 4.79 Å². The maximum atomic E-state index is 13.3. The molecule has 2 aromatic carbocycles. The number of benzene rings is 2. The molecule has 2 atom stereocenters. The van der Waals surface area contributed by atoms with Crippen molar-refractivity contribution in [1.29, 1.82) is 0 Å². The van der Waals surface area contributed by atoms with Crippen LogP contribution in [0.25, 0.3) is 0 Å². The van der Waals surface area contributed by atoms with Gasteiger partial charge in [-0.25, -0.2) is 9.69 Å². The van der Waals surface area contributed by atoms with Gasteiger partial charge in [0.2, 0.25) is 0 Å². The Morgan fingerprint density at radius 2 is 1.84 bits per heavy atom. The van der Waals surface area contributed by atoms with E-state index in [0.29, 0.717) is 24.5 Å². The highest BCUT2D eigenvalue weighted by atomic mass is 16.6. The molecule has 8 nitrogen and oxygen atoms in total. The second-order valence-electron chi connectivity index (χ2n) is 7.50. The van der Waals surface area contributed by atoms with Gasteiger partial charge in [0.05, 0.1) is 31.5 Å². The molecular formula is C23H24N2O6. The van der Waals surface area contributed by atoms with Crippen LogP contribution in [0.15, 0.2) is 54.6 Å². The number of carbonyl (C=O) groups excluding carboxylic acids is 2. The minimum absolute atomic E-state index is 0.0283. The van der Waals surface area contributed by atoms with Crippen LogP contribution in [0.3, 0.4) is 0 Å². The second kappa shape index (κ2) is 8.31. The van der Waals surface area contributed by atoms with Gasteiger partial charge in [-0.05, 0) is 18.1 Å². The molecule has 0 aliphatic carbocycles. The van der Waals surface area contributed by atoms with Crippen LogP contribution in [0.2, 0.25) is 0 Å². The van der Waals surface area contributed by atoms with Crippen molar-refractivity contribution >= 4 is 17.7 Å². The van der Waals surface area contributed by atoms with Gasteiger partial charge in [0.15, 0.2) is 17.7 Å². The average Bonchev–Trinajstić information content (AvgIpc) is 3.16. The van der Waals surface area contributed by atoms with Gasteiger partial charge in [0.25, 0.3) is 5.91 Å². The van der Waals surface area contributed by atoms with Crippen molar-refractivity contribution < 1.29 is 28.9 Å². The summed E-state index contributed by atoms with van der Waals surface area (Å²) in [5.74, 6) is 0.351. The van der Waals surface area contributed by atoms with Gasteiger partial charge in [0.1, 0.15) is 6.61 Å². The number of hydrogen-bond acceptors (Lipinski definition) is 6. The Morgan fingerprint density at radius 3 is 2.52 bits per heavy atom. The Bertz CT molecular complexity index is 1020. The zero-order valence-electron chi connectivity index (χ0n) is 17.4. The number of fused-ring (bicyclic) bond motifs is 2. The standard InChI is InChI=1S/C23H24N2O6/c1-14-9-18-22(27)25(23(28)31-13-15-7-5-4-6-8-15)17-11-20(30-3)19(29-2)10-16(17)21(26)24(18)12-14/h4-8,10-11,18,22,27H,1,9,12-13H2,2-3H3/t18-,22?/m0/s1. The van der Waals surface area contributed by atoms with Gasteiger partial charge in [-0.2, -0.15) is 0 Å². The van der Waals surface area contributed by atoms with Crippen LogP contribution in [0, 0.1) is 0 Å². The highest BCUT2D eigenvalue weighted by molar-refractivity contribution is 6.06. The minimum atomic E-state index is -1.31. The Labute approximate surface area is 180 Å². The number of ether oxygens (including phenoxy) is 3. The zero-order chi connectivity index (χ0) is 22.1. The summed E-state index contributed by atoms with van der Waals surface area (Å²) in [5.41, 5.74) is 2.03. The number of methoxy groups -OCH3 is 2. The number of nitrogens with zero attached hydrogens (tertiary/aromatic N) is 2. The molecule has 1 saturated heterocycles. The van der Waals surface area contributed by atoms with Gasteiger partial charge in [-0.1, -0.05) is 42.5 Å². The first-order valence-electron chi connectivity index (χ1n) is 9.86. The topological polar surface area (TPSA) is 88.5 Å². The first-order valence-corrected chi connectivity index (χ1v) is 9.86. The maximum Gasteiger partial charge on any atom is 0.416 e. The molecule has 4 rings (SSSR count). The number of anilines is 1. The Kier molecular flexibility index (Phi) is 5.56. The predicted molar refractivity (Wildman–Crippen MR) is 113 cm³/mol. The normalized spacial score (nSPS) is 20.1. The first-order chi connectivity index (χ1) is 14.9. The van der Waals surface area contributed by atoms with Crippen LogP contribution in [-0.4, -0.2) is 55.0 Å². The third-order valence-electron chi connectivity index (χ3n) is 5.56. The van der Waals surface area contributed by atoms with Crippen LogP contribution in [0.4, 0.5) is 10.5 Å². The summed E-state index contributed by atoms with van der Waals surface area (Å²) < 4.78 is 16.2. The van der Waals surface area contributed by atoms with Crippen molar-refractivity contribution in [1.82, 2.24) is 4.90 Å². The zero-order valence-corrected chi connectivity index (χ0v) is 17.4. The van der Waals surface area contributed by atoms with Gasteiger partial charge in [0, 0.05) is 12.6 Å². The number of aliphatic hydroxyl groups excluding tert-OH is 1. The fourth-order valence-corrected chi connectivity index (χ4v) is 4.02. The molecule has 0 saturated carbocycles. The molecule has 0 bridgehead atoms. The van der Waals surface area contributed by atoms with Crippen molar-refractivity contribution in [3.05, 3.63) is 65.7 Å². The SMILES string of the molecule is C=C1C[C@H]2C(O)N(C(=O)OCc3ccccc3)c3cc(OC)c(OC)cc3C(=O)N2C1. The van der Waals surface area contributed by atoms with E-state index in [2.05, 4.69) is 6.58 Å². The summed E-state index contributed by atoms with van der Waals surface area (Å²) in [7, 11) is 2.92. The third-order valence-corrected chi connectivity index (χ3v) is 5.56. The highest BCUT2D eigenvalue weighted by Gasteiger charge is 2.46. The summed E-state index contributed by atoms with van der Waals surface area (Å²) in [6, 6.07) is 11.6. The van der Waals surface area contributed by atoms with E-state index in [9.17, 15) is 14.7 Å². The van der Waals surface area contributed by atoms with Crippen LogP contribution < -0.4 is 14.4 Å². The number of rotatable bonds is 4. The van der Waals surface area contributed by atoms with E-state index in [1.807, 2.05) is 30.3 Å². The van der Waals surface area contributed by atoms with E-state index < -0.39 is 18.4 Å². The van der Waals surface area contributed by atoms with Gasteiger partial charge < -0.3 is 24.2 Å². The molecule has 1 fully saturated rings. The predicted octanol–water partition coefficient (Wildman–Crippen LogP) is 2.95. The summed E-state index contributed by atoms with van der Waals surface area (Å²) in [5, 5.41) is 11.2. The fourth-order valence-electron chi connectivity index (χ4n) is 4.02. The lowest BCUT2D eigenvalue weighted by molar-refractivity contribution is 0.0485. The maximum absolute atomic E-state index is 13.3. The van der Waals surface area contributed by atoms with E-state index in [0.717, 1.165) is 16.0 Å². The molecule has 0 aromatic heterocycles. The van der Waals surface area contributed by atoms with Gasteiger partial charge >= 0.3 is 6.09 Å². The Morgan fingerprint density at radius 1 is 1.16 bits per heavy atom. The Hall–Kier alpha value is -3.52. The number of hydrogen-bond donors (Lipinski definition) is 1. The molecule has 2 aliphatic heterocycles. The van der Waals surface area contributed by atoms with E-state index >= 15 is 0 Å². The summed E-state index contributed by atoms with van der Waals surface area (Å²) >= 11 is 0. The quantitative estimate of drug-likeness (QED) is 0.760. The van der Waals surface area contributed by atoms with Crippen LogP contribution in [-0.2, 0) is 11.3 Å². The lowest BCUT2D eigenvalue weighted by Crippen LogP contribution is -2.50. The largest absolute Gasteiger partial charge is 0.493 e. The first kappa shape index (κ1) is 20.7. The second-order valence-corrected chi connectivity index (χ2v) is 7.50. The molecular weight excluding hydrogens is 400 g/mol. The van der Waals surface area contributed by atoms with Crippen LogP contribution >= 0.6 is 0 Å². The van der Waals surface area contributed by atoms with Crippen molar-refractivity contribution in [2.75, 3.05) is 25.7 Å². The lowest BCUT2D eigenvalue weighted by Gasteiger charge is -2.31. The number of aliphatic hydroxyl groups is 1. The molecule has 1 N–H and O–H groups in total. The molecule has 0 spiro atoms. The number of amides is 2. The van der Waals surface area contributed by atoms with Crippen molar-refractivity contribution in [2.45, 2.75) is 25.3 Å². The average molecular weight is 424 g/mol. The molecule has 162 valence electrons. The number of carbonyl (C=O) groups is 2. The smallest absolute Gasteiger partial charge is 0.416 e. The molecule has 2 aromatic rings.